The van der Waals surface area contributed by atoms with Gasteiger partial charge in [-0.1, -0.05) is 0 Å². The molecule has 0 aromatic carbocycles. The first kappa shape index (κ1) is 8.41. The molecule has 0 saturated heterocycles. The van der Waals surface area contributed by atoms with Gasteiger partial charge in [-0.25, -0.2) is 0 Å². The quantitative estimate of drug-likeness (QED) is 0.684. The molecule has 0 aliphatic carbocycles. The largest absolute Gasteiger partial charge is 0.344 e. The molecule has 0 fully saturated rings. The molecule has 0 spiro atoms. The molecule has 0 saturated carbocycles. The Balaban J connectivity index is 2.12. The Hall–Kier alpha value is -1.90. The summed E-state index contributed by atoms with van der Waals surface area (Å²) in [5.74, 6) is 0. The van der Waals surface area contributed by atoms with Gasteiger partial charge in [-0.05, 0) is 24.3 Å². The van der Waals surface area contributed by atoms with Crippen LogP contribution in [0.1, 0.15) is 11.3 Å². The third kappa shape index (κ3) is 1.36. The van der Waals surface area contributed by atoms with E-state index in [1.807, 2.05) is 12.1 Å². The van der Waals surface area contributed by atoms with E-state index >= 15 is 0 Å². The van der Waals surface area contributed by atoms with Crippen molar-refractivity contribution in [1.82, 2.24) is 9.55 Å². The first-order chi connectivity index (χ1) is 7.45. The molecule has 0 N–H and O–H groups in total. The molecule has 3 nitrogen and oxygen atoms in total. The minimum Gasteiger partial charge on any atom is -0.344 e. The summed E-state index contributed by atoms with van der Waals surface area (Å²) in [7, 11) is 0. The first-order valence-corrected chi connectivity index (χ1v) is 5.05. The fourth-order valence-corrected chi connectivity index (χ4v) is 1.92. The van der Waals surface area contributed by atoms with Gasteiger partial charge in [0.25, 0.3) is 0 Å². The summed E-state index contributed by atoms with van der Waals surface area (Å²) < 4.78 is 2.24. The summed E-state index contributed by atoms with van der Waals surface area (Å²) in [5, 5.41) is 0. The standard InChI is InChI=1S/C12H11N3/c1-2-11-12(10-3-5-13-6-4-10)14-7-9-15(11)8-1/h1-6,8H,7,9H2. The predicted molar refractivity (Wildman–Crippen MR) is 59.2 cm³/mol. The zero-order valence-corrected chi connectivity index (χ0v) is 8.30. The van der Waals surface area contributed by atoms with E-state index in [4.69, 9.17) is 0 Å². The van der Waals surface area contributed by atoms with Gasteiger partial charge in [0.05, 0.1) is 18.0 Å². The molecule has 15 heavy (non-hydrogen) atoms. The van der Waals surface area contributed by atoms with Crippen LogP contribution in [0.25, 0.3) is 0 Å². The summed E-state index contributed by atoms with van der Waals surface area (Å²) in [6, 6.07) is 8.18. The van der Waals surface area contributed by atoms with Crippen LogP contribution >= 0.6 is 0 Å². The van der Waals surface area contributed by atoms with Crippen molar-refractivity contribution in [2.45, 2.75) is 6.54 Å². The van der Waals surface area contributed by atoms with Crippen molar-refractivity contribution < 1.29 is 0 Å². The molecule has 0 radical (unpaired) electrons. The lowest BCUT2D eigenvalue weighted by molar-refractivity contribution is 0.690. The van der Waals surface area contributed by atoms with E-state index in [-0.39, 0.29) is 0 Å². The van der Waals surface area contributed by atoms with E-state index in [1.54, 1.807) is 12.4 Å². The van der Waals surface area contributed by atoms with Crippen LogP contribution in [0.2, 0.25) is 0 Å². The molecule has 2 aromatic heterocycles. The average Bonchev–Trinajstić information content (AvgIpc) is 2.78. The minimum atomic E-state index is 0.860. The molecule has 3 rings (SSSR count). The molecule has 0 amide bonds. The smallest absolute Gasteiger partial charge is 0.0885 e. The predicted octanol–water partition coefficient (Wildman–Crippen LogP) is 1.73. The molecule has 2 aromatic rings. The van der Waals surface area contributed by atoms with E-state index < -0.39 is 0 Å². The summed E-state index contributed by atoms with van der Waals surface area (Å²) >= 11 is 0. The highest BCUT2D eigenvalue weighted by atomic mass is 15.0. The maximum atomic E-state index is 4.58. The number of nitrogens with zero attached hydrogens (tertiary/aromatic N) is 3. The minimum absolute atomic E-state index is 0.860. The van der Waals surface area contributed by atoms with Crippen molar-refractivity contribution in [3.8, 4) is 0 Å². The Morgan fingerprint density at radius 2 is 2.00 bits per heavy atom. The number of rotatable bonds is 1. The van der Waals surface area contributed by atoms with Crippen LogP contribution in [-0.2, 0) is 6.54 Å². The second-order valence-electron chi connectivity index (χ2n) is 3.55. The van der Waals surface area contributed by atoms with E-state index in [1.165, 1.54) is 5.69 Å². The molecule has 74 valence electrons. The molecule has 0 atom stereocenters. The number of hydrogen-bond acceptors (Lipinski definition) is 2. The summed E-state index contributed by atoms with van der Waals surface area (Å²) in [6.45, 7) is 1.84. The summed E-state index contributed by atoms with van der Waals surface area (Å²) in [5.41, 5.74) is 3.42. The van der Waals surface area contributed by atoms with E-state index in [2.05, 4.69) is 32.9 Å². The van der Waals surface area contributed by atoms with Crippen molar-refractivity contribution in [1.29, 1.82) is 0 Å². The van der Waals surface area contributed by atoms with Crippen LogP contribution in [-0.4, -0.2) is 21.8 Å². The van der Waals surface area contributed by atoms with E-state index in [0.717, 1.165) is 24.4 Å². The van der Waals surface area contributed by atoms with Gasteiger partial charge in [-0.2, -0.15) is 0 Å². The Labute approximate surface area is 88.1 Å². The summed E-state index contributed by atoms with van der Waals surface area (Å²) in [4.78, 5) is 8.60. The fourth-order valence-electron chi connectivity index (χ4n) is 1.92. The van der Waals surface area contributed by atoms with Crippen molar-refractivity contribution in [2.75, 3.05) is 6.54 Å². The zero-order valence-electron chi connectivity index (χ0n) is 8.30. The molecule has 1 aliphatic rings. The van der Waals surface area contributed by atoms with Crippen molar-refractivity contribution in [3.05, 3.63) is 54.1 Å². The maximum absolute atomic E-state index is 4.58. The third-order valence-electron chi connectivity index (χ3n) is 2.64. The van der Waals surface area contributed by atoms with Gasteiger partial charge in [0.1, 0.15) is 0 Å². The van der Waals surface area contributed by atoms with Crippen LogP contribution in [0, 0.1) is 0 Å². The highest BCUT2D eigenvalue weighted by Gasteiger charge is 2.14. The Bertz CT molecular complexity index is 497. The monoisotopic (exact) mass is 197 g/mol. The lowest BCUT2D eigenvalue weighted by Crippen LogP contribution is -2.18. The third-order valence-corrected chi connectivity index (χ3v) is 2.64. The number of pyridine rings is 1. The van der Waals surface area contributed by atoms with Crippen LogP contribution in [0.4, 0.5) is 0 Å². The van der Waals surface area contributed by atoms with Crippen molar-refractivity contribution in [2.24, 2.45) is 4.99 Å². The molecule has 3 heterocycles. The topological polar surface area (TPSA) is 30.2 Å². The van der Waals surface area contributed by atoms with E-state index in [0.29, 0.717) is 0 Å². The molecule has 0 bridgehead atoms. The van der Waals surface area contributed by atoms with Crippen molar-refractivity contribution >= 4 is 5.71 Å². The van der Waals surface area contributed by atoms with Crippen LogP contribution in [0.5, 0.6) is 0 Å². The SMILES string of the molecule is c1cc2n(c1)CCN=C2c1ccncc1. The van der Waals surface area contributed by atoms with Gasteiger partial charge in [0.2, 0.25) is 0 Å². The molecule has 3 heteroatoms. The van der Waals surface area contributed by atoms with E-state index in [9.17, 15) is 0 Å². The van der Waals surface area contributed by atoms with Crippen LogP contribution in [0.15, 0.2) is 47.8 Å². The highest BCUT2D eigenvalue weighted by molar-refractivity contribution is 6.12. The maximum Gasteiger partial charge on any atom is 0.0885 e. The van der Waals surface area contributed by atoms with Gasteiger partial charge in [0, 0.05) is 30.7 Å². The molecular formula is C12H11N3. The Morgan fingerprint density at radius 3 is 2.87 bits per heavy atom. The second-order valence-corrected chi connectivity index (χ2v) is 3.55. The number of fused-ring (bicyclic) bond motifs is 1. The number of aromatic nitrogens is 2. The summed E-state index contributed by atoms with van der Waals surface area (Å²) in [6.07, 6.45) is 5.71. The zero-order chi connectivity index (χ0) is 10.1. The van der Waals surface area contributed by atoms with Crippen LogP contribution < -0.4 is 0 Å². The number of hydrogen-bond donors (Lipinski definition) is 0. The second kappa shape index (κ2) is 3.35. The molecule has 0 unspecified atom stereocenters. The molecular weight excluding hydrogens is 186 g/mol. The highest BCUT2D eigenvalue weighted by Crippen LogP contribution is 2.14. The van der Waals surface area contributed by atoms with Crippen LogP contribution in [0.3, 0.4) is 0 Å². The average molecular weight is 197 g/mol. The molecule has 1 aliphatic heterocycles. The Kier molecular flexibility index (Phi) is 1.88. The fraction of sp³-hybridized carbons (Fsp3) is 0.167. The Morgan fingerprint density at radius 1 is 1.13 bits per heavy atom. The van der Waals surface area contributed by atoms with Crippen molar-refractivity contribution in [3.63, 3.8) is 0 Å². The van der Waals surface area contributed by atoms with Gasteiger partial charge < -0.3 is 4.57 Å². The van der Waals surface area contributed by atoms with Gasteiger partial charge in [-0.3, -0.25) is 9.98 Å². The lowest BCUT2D eigenvalue weighted by Gasteiger charge is -2.16. The van der Waals surface area contributed by atoms with Gasteiger partial charge in [0.15, 0.2) is 0 Å². The number of aliphatic imine (C=N–C) groups is 1. The lowest BCUT2D eigenvalue weighted by atomic mass is 10.1. The first-order valence-electron chi connectivity index (χ1n) is 5.05. The van der Waals surface area contributed by atoms with Gasteiger partial charge >= 0.3 is 0 Å². The normalized spacial score (nSPS) is 14.5. The van der Waals surface area contributed by atoms with Gasteiger partial charge in [-0.15, -0.1) is 0 Å².